The molecule has 0 N–H and O–H groups in total. The molecule has 0 spiro atoms. The third kappa shape index (κ3) is 4.51. The van der Waals surface area contributed by atoms with Crippen molar-refractivity contribution < 1.29 is 0 Å². The smallest absolute Gasteiger partial charge is 0.0434 e. The topological polar surface area (TPSA) is 0 Å². The van der Waals surface area contributed by atoms with Crippen LogP contribution in [0.25, 0.3) is 97.0 Å². The summed E-state index contributed by atoms with van der Waals surface area (Å²) < 4.78 is 1.31. The Hall–Kier alpha value is -6.02. The summed E-state index contributed by atoms with van der Waals surface area (Å²) in [6, 6.07) is 67.0. The van der Waals surface area contributed by atoms with Crippen LogP contribution in [0.3, 0.4) is 0 Å². The summed E-state index contributed by atoms with van der Waals surface area (Å²) >= 11 is 1.89. The van der Waals surface area contributed by atoms with Gasteiger partial charge in [-0.25, -0.2) is 0 Å². The van der Waals surface area contributed by atoms with Gasteiger partial charge in [0.15, 0.2) is 0 Å². The molecule has 0 aliphatic heterocycles. The molecule has 1 heterocycles. The van der Waals surface area contributed by atoms with Crippen molar-refractivity contribution >= 4 is 64.5 Å². The van der Waals surface area contributed by atoms with E-state index in [-0.39, 0.29) is 0 Å². The fourth-order valence-corrected chi connectivity index (χ4v) is 9.08. The summed E-state index contributed by atoms with van der Waals surface area (Å²) in [4.78, 5) is 1.31. The summed E-state index contributed by atoms with van der Waals surface area (Å²) in [5.74, 6) is 0. The number of rotatable bonds is 4. The van der Waals surface area contributed by atoms with Gasteiger partial charge in [0.05, 0.1) is 0 Å². The highest BCUT2D eigenvalue weighted by molar-refractivity contribution is 7.23. The van der Waals surface area contributed by atoms with Crippen molar-refractivity contribution in [2.45, 2.75) is 0 Å². The first-order valence-corrected chi connectivity index (χ1v) is 17.7. The predicted octanol–water partition coefficient (Wildman–Crippen LogP) is 14.2. The molecule has 10 rings (SSSR count). The van der Waals surface area contributed by atoms with E-state index in [9.17, 15) is 0 Å². The Morgan fingerprint density at radius 3 is 1.51 bits per heavy atom. The fraction of sp³-hybridized carbons (Fsp3) is 0. The molecule has 49 heavy (non-hydrogen) atoms. The zero-order valence-corrected chi connectivity index (χ0v) is 27.5. The molecule has 0 aliphatic rings. The van der Waals surface area contributed by atoms with Crippen molar-refractivity contribution in [2.24, 2.45) is 0 Å². The third-order valence-electron chi connectivity index (χ3n) is 10.0. The van der Waals surface area contributed by atoms with Crippen LogP contribution in [-0.2, 0) is 0 Å². The second-order valence-electron chi connectivity index (χ2n) is 12.8. The number of hydrogen-bond donors (Lipinski definition) is 0. The van der Waals surface area contributed by atoms with Crippen LogP contribution in [-0.4, -0.2) is 0 Å². The quantitative estimate of drug-likeness (QED) is 0.168. The highest BCUT2D eigenvalue weighted by Gasteiger charge is 2.20. The second kappa shape index (κ2) is 11.3. The Labute approximate surface area is 289 Å². The summed E-state index contributed by atoms with van der Waals surface area (Å²) in [7, 11) is 0. The summed E-state index contributed by atoms with van der Waals surface area (Å²) in [6.07, 6.45) is 0. The minimum Gasteiger partial charge on any atom is -0.135 e. The maximum Gasteiger partial charge on any atom is 0.0434 e. The summed E-state index contributed by atoms with van der Waals surface area (Å²) in [6.45, 7) is 0. The van der Waals surface area contributed by atoms with Gasteiger partial charge < -0.3 is 0 Å². The Bertz CT molecular complexity index is 2830. The molecule has 0 saturated heterocycles. The lowest BCUT2D eigenvalue weighted by Crippen LogP contribution is -1.91. The molecule has 0 atom stereocenters. The molecule has 1 aromatic heterocycles. The van der Waals surface area contributed by atoms with Gasteiger partial charge in [-0.1, -0.05) is 164 Å². The SMILES string of the molecule is c1cc(-c2sc3ccccc3c2-c2cccc3ccccc23)cc(-c2c3ccccc3c(-c3ccc4ccccc4c3)c3ccccc23)c1. The van der Waals surface area contributed by atoms with Gasteiger partial charge in [0, 0.05) is 20.5 Å². The first-order valence-electron chi connectivity index (χ1n) is 16.8. The van der Waals surface area contributed by atoms with Crippen LogP contribution in [0.5, 0.6) is 0 Å². The molecule has 0 radical (unpaired) electrons. The Balaban J connectivity index is 1.23. The van der Waals surface area contributed by atoms with E-state index in [2.05, 4.69) is 182 Å². The average molecular weight is 639 g/mol. The molecule has 0 nitrogen and oxygen atoms in total. The number of benzene rings is 9. The van der Waals surface area contributed by atoms with Gasteiger partial charge in [0.25, 0.3) is 0 Å². The molecular formula is C48H30S. The highest BCUT2D eigenvalue weighted by atomic mass is 32.1. The van der Waals surface area contributed by atoms with E-state index in [4.69, 9.17) is 0 Å². The Morgan fingerprint density at radius 1 is 0.286 bits per heavy atom. The second-order valence-corrected chi connectivity index (χ2v) is 13.9. The molecule has 0 amide bonds. The van der Waals surface area contributed by atoms with E-state index >= 15 is 0 Å². The molecule has 1 heteroatoms. The molecule has 0 bridgehead atoms. The lowest BCUT2D eigenvalue weighted by atomic mass is 9.85. The van der Waals surface area contributed by atoms with E-state index < -0.39 is 0 Å². The van der Waals surface area contributed by atoms with Crippen LogP contribution in [0.1, 0.15) is 0 Å². The van der Waals surface area contributed by atoms with Crippen molar-refractivity contribution in [3.05, 3.63) is 182 Å². The molecule has 0 saturated carbocycles. The molecule has 10 aromatic rings. The zero-order chi connectivity index (χ0) is 32.3. The number of hydrogen-bond acceptors (Lipinski definition) is 1. The van der Waals surface area contributed by atoms with E-state index in [0.717, 1.165) is 0 Å². The first kappa shape index (κ1) is 28.0. The number of thiophene rings is 1. The average Bonchev–Trinajstić information content (AvgIpc) is 3.56. The van der Waals surface area contributed by atoms with Gasteiger partial charge in [-0.3, -0.25) is 0 Å². The Kier molecular flexibility index (Phi) is 6.47. The minimum absolute atomic E-state index is 1.23. The zero-order valence-electron chi connectivity index (χ0n) is 26.7. The van der Waals surface area contributed by atoms with Crippen molar-refractivity contribution in [3.8, 4) is 43.8 Å². The molecule has 9 aromatic carbocycles. The largest absolute Gasteiger partial charge is 0.135 e. The van der Waals surface area contributed by atoms with Crippen molar-refractivity contribution in [1.29, 1.82) is 0 Å². The van der Waals surface area contributed by atoms with E-state index in [0.29, 0.717) is 0 Å². The van der Waals surface area contributed by atoms with Crippen LogP contribution in [0.4, 0.5) is 0 Å². The molecular weight excluding hydrogens is 609 g/mol. The lowest BCUT2D eigenvalue weighted by Gasteiger charge is -2.18. The third-order valence-corrected chi connectivity index (χ3v) is 11.3. The molecule has 0 aliphatic carbocycles. The monoisotopic (exact) mass is 638 g/mol. The molecule has 0 fully saturated rings. The maximum absolute atomic E-state index is 2.42. The Morgan fingerprint density at radius 2 is 0.796 bits per heavy atom. The van der Waals surface area contributed by atoms with E-state index in [1.165, 1.54) is 97.0 Å². The summed E-state index contributed by atoms with van der Waals surface area (Å²) in [5, 5.41) is 11.5. The van der Waals surface area contributed by atoms with E-state index in [1.54, 1.807) is 0 Å². The maximum atomic E-state index is 2.42. The van der Waals surface area contributed by atoms with Crippen LogP contribution >= 0.6 is 11.3 Å². The van der Waals surface area contributed by atoms with Crippen LogP contribution in [0.2, 0.25) is 0 Å². The van der Waals surface area contributed by atoms with Crippen LogP contribution in [0.15, 0.2) is 182 Å². The fourth-order valence-electron chi connectivity index (χ4n) is 7.87. The standard InChI is InChI=1S/C48H30S/c1-2-15-33-29-35(28-27-31(33)13-1)46-41-22-7-5-20-39(41)45(40-21-6-8-23-42(40)46)34-17-11-18-36(30-34)48-47(43-24-9-10-26-44(43)49-48)38-25-12-16-32-14-3-4-19-37(32)38/h1-30H. The van der Waals surface area contributed by atoms with Gasteiger partial charge in [-0.2, -0.15) is 0 Å². The van der Waals surface area contributed by atoms with Gasteiger partial charge in [0.2, 0.25) is 0 Å². The van der Waals surface area contributed by atoms with Crippen LogP contribution in [0, 0.1) is 0 Å². The molecule has 0 unspecified atom stereocenters. The normalized spacial score (nSPS) is 11.7. The van der Waals surface area contributed by atoms with Gasteiger partial charge >= 0.3 is 0 Å². The van der Waals surface area contributed by atoms with E-state index in [1.807, 2.05) is 11.3 Å². The van der Waals surface area contributed by atoms with Gasteiger partial charge in [-0.15, -0.1) is 11.3 Å². The summed E-state index contributed by atoms with van der Waals surface area (Å²) in [5.41, 5.74) is 8.90. The van der Waals surface area contributed by atoms with Gasteiger partial charge in [-0.05, 0) is 94.7 Å². The van der Waals surface area contributed by atoms with Crippen molar-refractivity contribution in [3.63, 3.8) is 0 Å². The minimum atomic E-state index is 1.23. The van der Waals surface area contributed by atoms with Crippen molar-refractivity contribution in [1.82, 2.24) is 0 Å². The van der Waals surface area contributed by atoms with Gasteiger partial charge in [0.1, 0.15) is 0 Å². The lowest BCUT2D eigenvalue weighted by molar-refractivity contribution is 1.65. The first-order chi connectivity index (χ1) is 24.3. The van der Waals surface area contributed by atoms with Crippen molar-refractivity contribution in [2.75, 3.05) is 0 Å². The molecule has 228 valence electrons. The van der Waals surface area contributed by atoms with Crippen LogP contribution < -0.4 is 0 Å². The number of fused-ring (bicyclic) bond motifs is 5. The predicted molar refractivity (Wildman–Crippen MR) is 214 cm³/mol. The highest BCUT2D eigenvalue weighted by Crippen LogP contribution is 2.49.